The fourth-order valence-corrected chi connectivity index (χ4v) is 2.45. The van der Waals surface area contributed by atoms with E-state index in [0.717, 1.165) is 32.5 Å². The first-order valence-electron chi connectivity index (χ1n) is 7.07. The van der Waals surface area contributed by atoms with Crippen molar-refractivity contribution >= 4 is 11.6 Å². The van der Waals surface area contributed by atoms with Crippen molar-refractivity contribution in [3.63, 3.8) is 0 Å². The van der Waals surface area contributed by atoms with Crippen molar-refractivity contribution in [3.05, 3.63) is 29.6 Å². The Morgan fingerprint density at radius 2 is 2.15 bits per heavy atom. The zero-order chi connectivity index (χ0) is 14.5. The minimum Gasteiger partial charge on any atom is -0.330 e. The average Bonchev–Trinajstić information content (AvgIpc) is 2.44. The Kier molecular flexibility index (Phi) is 5.09. The molecule has 0 saturated carbocycles. The van der Waals surface area contributed by atoms with Crippen molar-refractivity contribution in [2.75, 3.05) is 31.5 Å². The number of amides is 1. The largest absolute Gasteiger partial charge is 0.330 e. The highest BCUT2D eigenvalue weighted by molar-refractivity contribution is 5.92. The van der Waals surface area contributed by atoms with Gasteiger partial charge in [0.1, 0.15) is 5.82 Å². The van der Waals surface area contributed by atoms with E-state index < -0.39 is 0 Å². The standard InChI is InChI=1S/C15H22FN3O/c1-11-2-3-13(8-14(11)16)18-15(20)10-19-6-4-12(9-17)5-7-19/h2-3,8,12H,4-7,9-10,17H2,1H3,(H,18,20). The van der Waals surface area contributed by atoms with Crippen LogP contribution in [0.1, 0.15) is 18.4 Å². The normalized spacial score (nSPS) is 17.1. The number of rotatable bonds is 4. The molecule has 110 valence electrons. The summed E-state index contributed by atoms with van der Waals surface area (Å²) >= 11 is 0. The van der Waals surface area contributed by atoms with Crippen LogP contribution >= 0.6 is 0 Å². The van der Waals surface area contributed by atoms with Gasteiger partial charge in [-0.3, -0.25) is 9.69 Å². The quantitative estimate of drug-likeness (QED) is 0.882. The second kappa shape index (κ2) is 6.81. The number of hydrogen-bond donors (Lipinski definition) is 2. The van der Waals surface area contributed by atoms with E-state index in [9.17, 15) is 9.18 Å². The summed E-state index contributed by atoms with van der Waals surface area (Å²) in [5.41, 5.74) is 6.73. The van der Waals surface area contributed by atoms with Crippen molar-refractivity contribution in [3.8, 4) is 0 Å². The van der Waals surface area contributed by atoms with Crippen molar-refractivity contribution in [2.45, 2.75) is 19.8 Å². The summed E-state index contributed by atoms with van der Waals surface area (Å²) < 4.78 is 13.4. The van der Waals surface area contributed by atoms with Gasteiger partial charge in [0.15, 0.2) is 0 Å². The predicted molar refractivity (Wildman–Crippen MR) is 78.0 cm³/mol. The number of nitrogens with two attached hydrogens (primary N) is 1. The Labute approximate surface area is 119 Å². The summed E-state index contributed by atoms with van der Waals surface area (Å²) in [6.45, 7) is 4.58. The minimum atomic E-state index is -0.299. The van der Waals surface area contributed by atoms with Crippen molar-refractivity contribution < 1.29 is 9.18 Å². The highest BCUT2D eigenvalue weighted by Crippen LogP contribution is 2.16. The fourth-order valence-electron chi connectivity index (χ4n) is 2.45. The fraction of sp³-hybridized carbons (Fsp3) is 0.533. The molecule has 1 fully saturated rings. The molecule has 0 spiro atoms. The van der Waals surface area contributed by atoms with Crippen LogP contribution in [0.15, 0.2) is 18.2 Å². The van der Waals surface area contributed by atoms with Crippen LogP contribution < -0.4 is 11.1 Å². The van der Waals surface area contributed by atoms with Crippen LogP contribution in [-0.4, -0.2) is 37.0 Å². The zero-order valence-corrected chi connectivity index (χ0v) is 11.9. The second-order valence-electron chi connectivity index (χ2n) is 5.47. The SMILES string of the molecule is Cc1ccc(NC(=O)CN2CCC(CN)CC2)cc1F. The number of piperidine rings is 1. The molecule has 1 aromatic rings. The number of nitrogens with zero attached hydrogens (tertiary/aromatic N) is 1. The third-order valence-electron chi connectivity index (χ3n) is 3.86. The number of anilines is 1. The maximum absolute atomic E-state index is 13.4. The lowest BCUT2D eigenvalue weighted by Crippen LogP contribution is -2.40. The summed E-state index contributed by atoms with van der Waals surface area (Å²) in [6.07, 6.45) is 2.09. The predicted octanol–water partition coefficient (Wildman–Crippen LogP) is 1.74. The molecule has 1 aromatic carbocycles. The molecule has 0 radical (unpaired) electrons. The van der Waals surface area contributed by atoms with Gasteiger partial charge in [-0.1, -0.05) is 6.07 Å². The lowest BCUT2D eigenvalue weighted by molar-refractivity contribution is -0.117. The van der Waals surface area contributed by atoms with Gasteiger partial charge in [0, 0.05) is 5.69 Å². The van der Waals surface area contributed by atoms with Crippen molar-refractivity contribution in [2.24, 2.45) is 11.7 Å². The highest BCUT2D eigenvalue weighted by atomic mass is 19.1. The van der Waals surface area contributed by atoms with Crippen LogP contribution in [0.4, 0.5) is 10.1 Å². The monoisotopic (exact) mass is 279 g/mol. The lowest BCUT2D eigenvalue weighted by atomic mass is 9.97. The first kappa shape index (κ1) is 14.9. The smallest absolute Gasteiger partial charge is 0.238 e. The topological polar surface area (TPSA) is 58.4 Å². The summed E-state index contributed by atoms with van der Waals surface area (Å²) in [4.78, 5) is 14.0. The van der Waals surface area contributed by atoms with E-state index in [4.69, 9.17) is 5.73 Å². The molecule has 1 heterocycles. The van der Waals surface area contributed by atoms with E-state index >= 15 is 0 Å². The third-order valence-corrected chi connectivity index (χ3v) is 3.86. The molecular formula is C15H22FN3O. The number of likely N-dealkylation sites (tertiary alicyclic amines) is 1. The van der Waals surface area contributed by atoms with E-state index in [-0.39, 0.29) is 11.7 Å². The third kappa shape index (κ3) is 4.02. The summed E-state index contributed by atoms with van der Waals surface area (Å²) in [7, 11) is 0. The number of nitrogens with one attached hydrogen (secondary N) is 1. The van der Waals surface area contributed by atoms with E-state index in [1.807, 2.05) is 0 Å². The van der Waals surface area contributed by atoms with Crippen LogP contribution in [0.2, 0.25) is 0 Å². The second-order valence-corrected chi connectivity index (χ2v) is 5.47. The molecule has 0 bridgehead atoms. The average molecular weight is 279 g/mol. The van der Waals surface area contributed by atoms with Crippen LogP contribution in [0.3, 0.4) is 0 Å². The van der Waals surface area contributed by atoms with E-state index in [1.54, 1.807) is 19.1 Å². The molecule has 0 aromatic heterocycles. The maximum atomic E-state index is 13.4. The molecule has 0 atom stereocenters. The van der Waals surface area contributed by atoms with E-state index in [0.29, 0.717) is 23.7 Å². The molecule has 0 aliphatic carbocycles. The maximum Gasteiger partial charge on any atom is 0.238 e. The summed E-state index contributed by atoms with van der Waals surface area (Å²) in [5.74, 6) is 0.187. The molecule has 1 saturated heterocycles. The molecule has 3 N–H and O–H groups in total. The molecule has 5 heteroatoms. The van der Waals surface area contributed by atoms with Crippen LogP contribution in [0.25, 0.3) is 0 Å². The Balaban J connectivity index is 1.82. The number of hydrogen-bond acceptors (Lipinski definition) is 3. The highest BCUT2D eigenvalue weighted by Gasteiger charge is 2.19. The minimum absolute atomic E-state index is 0.0977. The zero-order valence-electron chi connectivity index (χ0n) is 11.9. The lowest BCUT2D eigenvalue weighted by Gasteiger charge is -2.30. The Hall–Kier alpha value is -1.46. The van der Waals surface area contributed by atoms with E-state index in [2.05, 4.69) is 10.2 Å². The van der Waals surface area contributed by atoms with Gasteiger partial charge >= 0.3 is 0 Å². The van der Waals surface area contributed by atoms with Gasteiger partial charge in [0.25, 0.3) is 0 Å². The number of carbonyl (C=O) groups is 1. The van der Waals surface area contributed by atoms with Gasteiger partial charge < -0.3 is 11.1 Å². The first-order valence-corrected chi connectivity index (χ1v) is 7.07. The van der Waals surface area contributed by atoms with E-state index in [1.165, 1.54) is 6.07 Å². The molecule has 20 heavy (non-hydrogen) atoms. The van der Waals surface area contributed by atoms with Gasteiger partial charge in [-0.2, -0.15) is 0 Å². The van der Waals surface area contributed by atoms with Crippen molar-refractivity contribution in [1.82, 2.24) is 4.90 Å². The van der Waals surface area contributed by atoms with Gasteiger partial charge in [0.2, 0.25) is 5.91 Å². The van der Waals surface area contributed by atoms with Crippen molar-refractivity contribution in [1.29, 1.82) is 0 Å². The first-order chi connectivity index (χ1) is 9.58. The van der Waals surface area contributed by atoms with Crippen LogP contribution in [-0.2, 0) is 4.79 Å². The molecule has 1 aliphatic rings. The van der Waals surface area contributed by atoms with Gasteiger partial charge in [-0.25, -0.2) is 4.39 Å². The summed E-state index contributed by atoms with van der Waals surface area (Å²) in [6, 6.07) is 4.74. The number of carbonyl (C=O) groups excluding carboxylic acids is 1. The summed E-state index contributed by atoms with van der Waals surface area (Å²) in [5, 5.41) is 2.74. The van der Waals surface area contributed by atoms with Gasteiger partial charge in [-0.05, 0) is 63.0 Å². The molecule has 4 nitrogen and oxygen atoms in total. The molecule has 2 rings (SSSR count). The Morgan fingerprint density at radius 1 is 1.45 bits per heavy atom. The number of aryl methyl sites for hydroxylation is 1. The molecular weight excluding hydrogens is 257 g/mol. The number of halogens is 1. The Bertz CT molecular complexity index is 470. The molecule has 0 unspecified atom stereocenters. The van der Waals surface area contributed by atoms with Gasteiger partial charge in [-0.15, -0.1) is 0 Å². The molecule has 1 amide bonds. The molecule has 1 aliphatic heterocycles. The number of benzene rings is 1. The van der Waals surface area contributed by atoms with Crippen LogP contribution in [0.5, 0.6) is 0 Å². The van der Waals surface area contributed by atoms with Gasteiger partial charge in [0.05, 0.1) is 6.54 Å². The van der Waals surface area contributed by atoms with Crippen LogP contribution in [0, 0.1) is 18.7 Å². The Morgan fingerprint density at radius 3 is 2.75 bits per heavy atom.